The fourth-order valence-corrected chi connectivity index (χ4v) is 3.08. The van der Waals surface area contributed by atoms with Crippen molar-refractivity contribution < 1.29 is 8.63 Å². The van der Waals surface area contributed by atoms with Gasteiger partial charge in [0, 0.05) is 0 Å². The van der Waals surface area contributed by atoms with E-state index in [0.717, 1.165) is 5.69 Å². The molecule has 0 aromatic heterocycles. The van der Waals surface area contributed by atoms with Crippen LogP contribution in [-0.4, -0.2) is 26.7 Å². The van der Waals surface area contributed by atoms with Crippen LogP contribution in [0.25, 0.3) is 0 Å². The Kier molecular flexibility index (Phi) is 2.12. The average molecular weight is 243 g/mol. The van der Waals surface area contributed by atoms with Crippen molar-refractivity contribution in [2.45, 2.75) is 0 Å². The zero-order chi connectivity index (χ0) is 9.26. The van der Waals surface area contributed by atoms with E-state index >= 15 is 0 Å². The number of carbonyl (C=O) groups is 1. The van der Waals surface area contributed by atoms with Gasteiger partial charge in [-0.3, -0.25) is 0 Å². The average Bonchev–Trinajstić information content (AvgIpc) is 2.47. The van der Waals surface area contributed by atoms with E-state index in [9.17, 15) is 8.63 Å². The van der Waals surface area contributed by atoms with E-state index < -0.39 is 14.3 Å². The Bertz CT molecular complexity index is 352. The molecule has 1 aliphatic rings. The van der Waals surface area contributed by atoms with Crippen LogP contribution in [0.15, 0.2) is 30.3 Å². The first-order valence-corrected chi connectivity index (χ1v) is 6.13. The number of benzene rings is 1. The van der Waals surface area contributed by atoms with Crippen LogP contribution in [0.4, 0.5) is 5.69 Å². The van der Waals surface area contributed by atoms with E-state index in [1.807, 2.05) is 30.3 Å². The zero-order valence-electron chi connectivity index (χ0n) is 6.77. The summed E-state index contributed by atoms with van der Waals surface area (Å²) in [6.07, 6.45) is 0. The maximum absolute atomic E-state index is 11.4. The summed E-state index contributed by atoms with van der Waals surface area (Å²) >= 11 is -2.33. The molecule has 0 saturated carbocycles. The first-order chi connectivity index (χ1) is 6.27. The van der Waals surface area contributed by atoms with Crippen LogP contribution in [0.1, 0.15) is 0 Å². The second-order valence-electron chi connectivity index (χ2n) is 2.65. The first kappa shape index (κ1) is 8.41. The standard InChI is InChI=1S/C8H8N2O2Se/c11-8-6-10(13(12)9-8)7-4-2-1-3-5-7/h1-5H,6H2,(H,9,11). The van der Waals surface area contributed by atoms with Gasteiger partial charge in [-0.05, 0) is 0 Å². The molecule has 1 atom stereocenters. The molecule has 1 unspecified atom stereocenters. The van der Waals surface area contributed by atoms with Crippen molar-refractivity contribution in [3.05, 3.63) is 30.3 Å². The molecule has 0 aliphatic carbocycles. The summed E-state index contributed by atoms with van der Waals surface area (Å²) in [5.41, 5.74) is 0.834. The Morgan fingerprint density at radius 2 is 2.00 bits per heavy atom. The third kappa shape index (κ3) is 1.61. The van der Waals surface area contributed by atoms with Crippen molar-refractivity contribution in [2.24, 2.45) is 0 Å². The second kappa shape index (κ2) is 3.28. The minimum atomic E-state index is -2.33. The molecule has 0 bridgehead atoms. The summed E-state index contributed by atoms with van der Waals surface area (Å²) in [7, 11) is 0. The molecule has 68 valence electrons. The molecule has 0 radical (unpaired) electrons. The molecule has 1 N–H and O–H groups in total. The van der Waals surface area contributed by atoms with Crippen molar-refractivity contribution in [1.29, 1.82) is 0 Å². The monoisotopic (exact) mass is 244 g/mol. The topological polar surface area (TPSA) is 49.4 Å². The number of para-hydroxylation sites is 1. The maximum atomic E-state index is 11.4. The molecule has 1 aromatic rings. The van der Waals surface area contributed by atoms with Crippen molar-refractivity contribution in [3.8, 4) is 0 Å². The van der Waals surface area contributed by atoms with E-state index in [-0.39, 0.29) is 12.5 Å². The third-order valence-electron chi connectivity index (χ3n) is 1.73. The predicted molar refractivity (Wildman–Crippen MR) is 48.4 cm³/mol. The van der Waals surface area contributed by atoms with E-state index in [1.54, 1.807) is 3.92 Å². The molecule has 1 aromatic carbocycles. The Hall–Kier alpha value is -1.19. The Morgan fingerprint density at radius 3 is 2.54 bits per heavy atom. The summed E-state index contributed by atoms with van der Waals surface area (Å²) in [6, 6.07) is 9.28. The fourth-order valence-electron chi connectivity index (χ4n) is 1.16. The number of rotatable bonds is 1. The molecule has 5 heteroatoms. The molecular formula is C8H8N2O2Se. The summed E-state index contributed by atoms with van der Waals surface area (Å²) in [4.78, 5) is 10.9. The van der Waals surface area contributed by atoms with Crippen LogP contribution in [0.3, 0.4) is 0 Å². The van der Waals surface area contributed by atoms with Gasteiger partial charge >= 0.3 is 79.6 Å². The fraction of sp³-hybridized carbons (Fsp3) is 0.125. The van der Waals surface area contributed by atoms with E-state index in [0.29, 0.717) is 0 Å². The van der Waals surface area contributed by atoms with Crippen LogP contribution in [0.5, 0.6) is 0 Å². The van der Waals surface area contributed by atoms with E-state index in [4.69, 9.17) is 0 Å². The van der Waals surface area contributed by atoms with Gasteiger partial charge in [0.05, 0.1) is 0 Å². The Morgan fingerprint density at radius 1 is 1.31 bits per heavy atom. The van der Waals surface area contributed by atoms with Gasteiger partial charge < -0.3 is 0 Å². The molecule has 4 nitrogen and oxygen atoms in total. The van der Waals surface area contributed by atoms with Crippen LogP contribution < -0.4 is 8.25 Å². The van der Waals surface area contributed by atoms with Gasteiger partial charge in [0.25, 0.3) is 0 Å². The van der Waals surface area contributed by atoms with Crippen molar-refractivity contribution >= 4 is 25.9 Å². The predicted octanol–water partition coefficient (Wildman–Crippen LogP) is 0.0382. The molecule has 2 rings (SSSR count). The van der Waals surface area contributed by atoms with Gasteiger partial charge in [0.2, 0.25) is 0 Å². The van der Waals surface area contributed by atoms with Gasteiger partial charge in [0.15, 0.2) is 0 Å². The summed E-state index contributed by atoms with van der Waals surface area (Å²) < 4.78 is 15.4. The van der Waals surface area contributed by atoms with E-state index in [2.05, 4.69) is 4.33 Å². The van der Waals surface area contributed by atoms with Crippen molar-refractivity contribution in [3.63, 3.8) is 0 Å². The molecule has 0 spiro atoms. The second-order valence-corrected chi connectivity index (χ2v) is 5.05. The number of carbonyl (C=O) groups excluding carboxylic acids is 1. The van der Waals surface area contributed by atoms with Gasteiger partial charge in [-0.25, -0.2) is 0 Å². The van der Waals surface area contributed by atoms with Crippen LogP contribution in [-0.2, 0) is 8.63 Å². The van der Waals surface area contributed by atoms with Gasteiger partial charge in [-0.1, -0.05) is 0 Å². The van der Waals surface area contributed by atoms with Gasteiger partial charge in [-0.15, -0.1) is 0 Å². The SMILES string of the molecule is O=C1CN(c2ccccc2)[Se](=O)N1. The van der Waals surface area contributed by atoms with Crippen LogP contribution in [0, 0.1) is 0 Å². The minimum absolute atomic E-state index is 0.163. The van der Waals surface area contributed by atoms with Crippen LogP contribution >= 0.6 is 0 Å². The summed E-state index contributed by atoms with van der Waals surface area (Å²) in [6.45, 7) is 0.207. The molecule has 13 heavy (non-hydrogen) atoms. The Balaban J connectivity index is 2.28. The molecule has 1 fully saturated rings. The quantitative estimate of drug-likeness (QED) is 0.708. The molecule has 1 saturated heterocycles. The molecule has 1 amide bonds. The number of anilines is 1. The summed E-state index contributed by atoms with van der Waals surface area (Å²) in [5, 5.41) is 0. The number of amides is 1. The summed E-state index contributed by atoms with van der Waals surface area (Å²) in [5.74, 6) is -0.163. The number of hydrogen-bond donors (Lipinski definition) is 1. The third-order valence-corrected chi connectivity index (χ3v) is 4.13. The van der Waals surface area contributed by atoms with Crippen LogP contribution in [0.2, 0.25) is 0 Å². The van der Waals surface area contributed by atoms with Crippen molar-refractivity contribution in [1.82, 2.24) is 4.33 Å². The first-order valence-electron chi connectivity index (χ1n) is 3.81. The van der Waals surface area contributed by atoms with Gasteiger partial charge in [-0.2, -0.15) is 0 Å². The van der Waals surface area contributed by atoms with Gasteiger partial charge in [0.1, 0.15) is 0 Å². The number of hydrogen-bond acceptors (Lipinski definition) is 2. The van der Waals surface area contributed by atoms with E-state index in [1.165, 1.54) is 0 Å². The molecule has 1 heterocycles. The number of nitrogens with one attached hydrogen (secondary N) is 1. The zero-order valence-corrected chi connectivity index (χ0v) is 8.48. The Labute approximate surface area is 80.0 Å². The molecular weight excluding hydrogens is 235 g/mol. The molecule has 1 aliphatic heterocycles. The van der Waals surface area contributed by atoms with Crippen molar-refractivity contribution in [2.75, 3.05) is 10.5 Å². The normalized spacial score (nSPS) is 21.7. The number of nitrogens with zero attached hydrogens (tertiary/aromatic N) is 1.